The highest BCUT2D eigenvalue weighted by molar-refractivity contribution is 6.05. The minimum Gasteiger partial charge on any atom is -0.494 e. The molecule has 0 fully saturated rings. The Bertz CT molecular complexity index is 2040. The molecular formula is C45H41NO8. The first-order valence-corrected chi connectivity index (χ1v) is 17.8. The summed E-state index contributed by atoms with van der Waals surface area (Å²) in [4.78, 5) is 47.4. The highest BCUT2D eigenvalue weighted by Gasteiger charge is 2.21. The molecule has 0 aliphatic rings. The van der Waals surface area contributed by atoms with E-state index in [0.717, 1.165) is 48.8 Å². The Morgan fingerprint density at radius 1 is 0.648 bits per heavy atom. The van der Waals surface area contributed by atoms with Crippen LogP contribution in [0.25, 0.3) is 16.7 Å². The number of carbonyl (C=O) groups is 3. The number of carbonyl (C=O) groups excluding carboxylic acids is 2. The van der Waals surface area contributed by atoms with Gasteiger partial charge in [-0.15, -0.1) is 0 Å². The second-order valence-corrected chi connectivity index (χ2v) is 12.5. The number of hydrogen-bond donors (Lipinski definition) is 1. The average Bonchev–Trinajstić information content (AvgIpc) is 3.19. The van der Waals surface area contributed by atoms with Gasteiger partial charge < -0.3 is 14.6 Å². The van der Waals surface area contributed by atoms with E-state index in [1.165, 1.54) is 0 Å². The van der Waals surface area contributed by atoms with Crippen LogP contribution in [0, 0.1) is 18.3 Å². The lowest BCUT2D eigenvalue weighted by molar-refractivity contribution is -0.268. The van der Waals surface area contributed by atoms with Gasteiger partial charge in [-0.2, -0.15) is 10.1 Å². The van der Waals surface area contributed by atoms with Crippen LogP contribution in [-0.4, -0.2) is 36.2 Å². The lowest BCUT2D eigenvalue weighted by atomic mass is 9.93. The summed E-state index contributed by atoms with van der Waals surface area (Å²) in [6, 6.07) is 39.2. The van der Waals surface area contributed by atoms with Crippen LogP contribution >= 0.6 is 0 Å². The van der Waals surface area contributed by atoms with Gasteiger partial charge in [0.05, 0.1) is 24.3 Å². The summed E-state index contributed by atoms with van der Waals surface area (Å²) in [5, 5.41) is 19.4. The van der Waals surface area contributed by atoms with Crippen LogP contribution in [0.2, 0.25) is 0 Å². The Balaban J connectivity index is 0.959. The van der Waals surface area contributed by atoms with Gasteiger partial charge in [-0.1, -0.05) is 116 Å². The molecule has 0 aromatic heterocycles. The molecule has 0 saturated heterocycles. The van der Waals surface area contributed by atoms with Gasteiger partial charge in [0.2, 0.25) is 0 Å². The van der Waals surface area contributed by atoms with Gasteiger partial charge in [0, 0.05) is 5.57 Å². The monoisotopic (exact) mass is 723 g/mol. The van der Waals surface area contributed by atoms with Crippen LogP contribution in [0.15, 0.2) is 133 Å². The average molecular weight is 724 g/mol. The van der Waals surface area contributed by atoms with Crippen molar-refractivity contribution in [1.29, 1.82) is 5.26 Å². The molecule has 0 spiro atoms. The van der Waals surface area contributed by atoms with Gasteiger partial charge in [-0.05, 0) is 84.5 Å². The van der Waals surface area contributed by atoms with Crippen molar-refractivity contribution in [2.24, 2.45) is 0 Å². The molecular weight excluding hydrogens is 682 g/mol. The molecule has 9 heteroatoms. The smallest absolute Gasteiger partial charge is 0.384 e. The number of nitrogens with zero attached hydrogens (tertiary/aromatic N) is 1. The number of esters is 1. The van der Waals surface area contributed by atoms with Gasteiger partial charge >= 0.3 is 17.9 Å². The van der Waals surface area contributed by atoms with Crippen molar-refractivity contribution in [2.75, 3.05) is 13.2 Å². The van der Waals surface area contributed by atoms with Crippen LogP contribution in [0.3, 0.4) is 0 Å². The van der Waals surface area contributed by atoms with Crippen molar-refractivity contribution in [3.05, 3.63) is 161 Å². The summed E-state index contributed by atoms with van der Waals surface area (Å²) in [7, 11) is 0. The van der Waals surface area contributed by atoms with Crippen molar-refractivity contribution >= 4 is 23.5 Å². The van der Waals surface area contributed by atoms with Crippen LogP contribution in [0.4, 0.5) is 0 Å². The molecule has 0 saturated carbocycles. The SMILES string of the molecule is Cc1ccc(C(=O)O)c(-c2ccc(OC(=O)c3ccc(OCCCCCCCCOOC(=O)C(C#N)=C(c4ccccc4)c4ccccc4)cc3)cc2)c1. The number of rotatable bonds is 18. The highest BCUT2D eigenvalue weighted by Crippen LogP contribution is 2.29. The first-order valence-electron chi connectivity index (χ1n) is 17.8. The minimum absolute atomic E-state index is 0.120. The van der Waals surface area contributed by atoms with E-state index in [2.05, 4.69) is 0 Å². The Morgan fingerprint density at radius 2 is 1.22 bits per heavy atom. The molecule has 0 amide bonds. The van der Waals surface area contributed by atoms with Crippen molar-refractivity contribution in [2.45, 2.75) is 45.4 Å². The molecule has 0 heterocycles. The summed E-state index contributed by atoms with van der Waals surface area (Å²) in [5.41, 5.74) is 4.68. The molecule has 1 N–H and O–H groups in total. The molecule has 0 radical (unpaired) electrons. The third-order valence-corrected chi connectivity index (χ3v) is 8.59. The molecule has 5 rings (SSSR count). The predicted octanol–water partition coefficient (Wildman–Crippen LogP) is 9.80. The molecule has 0 aliphatic heterocycles. The number of carboxylic acid groups (broad SMARTS) is 1. The quantitative estimate of drug-likeness (QED) is 0.0178. The molecule has 5 aromatic carbocycles. The number of hydrogen-bond acceptors (Lipinski definition) is 8. The maximum Gasteiger partial charge on any atom is 0.384 e. The number of benzene rings is 5. The fourth-order valence-corrected chi connectivity index (χ4v) is 5.80. The lowest BCUT2D eigenvalue weighted by Gasteiger charge is -2.11. The van der Waals surface area contributed by atoms with Crippen molar-refractivity contribution in [3.8, 4) is 28.7 Å². The first-order chi connectivity index (χ1) is 26.3. The van der Waals surface area contributed by atoms with Gasteiger partial charge in [0.15, 0.2) is 0 Å². The largest absolute Gasteiger partial charge is 0.494 e. The fraction of sp³-hybridized carbons (Fsp3) is 0.200. The van der Waals surface area contributed by atoms with Crippen LogP contribution in [-0.2, 0) is 14.6 Å². The number of aryl methyl sites for hydroxylation is 1. The normalized spacial score (nSPS) is 10.5. The highest BCUT2D eigenvalue weighted by atomic mass is 17.2. The Kier molecular flexibility index (Phi) is 14.3. The number of aromatic carboxylic acids is 1. The van der Waals surface area contributed by atoms with Gasteiger partial charge in [0.25, 0.3) is 0 Å². The third-order valence-electron chi connectivity index (χ3n) is 8.59. The van der Waals surface area contributed by atoms with Crippen LogP contribution in [0.1, 0.15) is 75.9 Å². The third kappa shape index (κ3) is 11.0. The van der Waals surface area contributed by atoms with E-state index in [0.29, 0.717) is 46.8 Å². The van der Waals surface area contributed by atoms with Crippen molar-refractivity contribution in [3.63, 3.8) is 0 Å². The molecule has 0 bridgehead atoms. The number of ether oxygens (including phenoxy) is 2. The Hall–Kier alpha value is -6.50. The van der Waals surface area contributed by atoms with Crippen molar-refractivity contribution < 1.29 is 38.7 Å². The van der Waals surface area contributed by atoms with Gasteiger partial charge in [0.1, 0.15) is 23.1 Å². The minimum atomic E-state index is -1.01. The fourth-order valence-electron chi connectivity index (χ4n) is 5.80. The summed E-state index contributed by atoms with van der Waals surface area (Å²) in [5.74, 6) is -1.33. The lowest BCUT2D eigenvalue weighted by Crippen LogP contribution is -2.11. The van der Waals surface area contributed by atoms with Gasteiger partial charge in [-0.3, -0.25) is 4.89 Å². The van der Waals surface area contributed by atoms with E-state index >= 15 is 0 Å². The molecule has 274 valence electrons. The zero-order valence-electron chi connectivity index (χ0n) is 30.0. The zero-order chi connectivity index (χ0) is 38.1. The Labute approximate surface area is 314 Å². The van der Waals surface area contributed by atoms with E-state index in [-0.39, 0.29) is 17.7 Å². The zero-order valence-corrected chi connectivity index (χ0v) is 30.0. The summed E-state index contributed by atoms with van der Waals surface area (Å²) in [6.45, 7) is 2.68. The Morgan fingerprint density at radius 3 is 1.81 bits per heavy atom. The molecule has 0 atom stereocenters. The number of nitriles is 1. The summed E-state index contributed by atoms with van der Waals surface area (Å²) in [6.07, 6.45) is 5.47. The summed E-state index contributed by atoms with van der Waals surface area (Å²) < 4.78 is 11.4. The molecule has 9 nitrogen and oxygen atoms in total. The van der Waals surface area contributed by atoms with Gasteiger partial charge in [-0.25, -0.2) is 14.4 Å². The van der Waals surface area contributed by atoms with E-state index in [4.69, 9.17) is 19.2 Å². The molecule has 0 aliphatic carbocycles. The van der Waals surface area contributed by atoms with Crippen LogP contribution < -0.4 is 9.47 Å². The molecule has 0 unspecified atom stereocenters. The first kappa shape index (κ1) is 38.7. The van der Waals surface area contributed by atoms with Crippen molar-refractivity contribution in [1.82, 2.24) is 0 Å². The van der Waals surface area contributed by atoms with E-state index < -0.39 is 17.9 Å². The van der Waals surface area contributed by atoms with E-state index in [1.54, 1.807) is 60.7 Å². The molecule has 54 heavy (non-hydrogen) atoms. The second-order valence-electron chi connectivity index (χ2n) is 12.5. The van der Waals surface area contributed by atoms with E-state index in [9.17, 15) is 24.8 Å². The second kappa shape index (κ2) is 19.9. The maximum absolute atomic E-state index is 12.8. The summed E-state index contributed by atoms with van der Waals surface area (Å²) >= 11 is 0. The maximum atomic E-state index is 12.8. The topological polar surface area (TPSA) is 132 Å². The number of unbranched alkanes of at least 4 members (excludes halogenated alkanes) is 5. The van der Waals surface area contributed by atoms with Crippen LogP contribution in [0.5, 0.6) is 11.5 Å². The predicted molar refractivity (Wildman–Crippen MR) is 205 cm³/mol. The number of carboxylic acids is 1. The molecule has 5 aromatic rings. The standard InChI is InChI=1S/C45H41NO8/c1-32-18-27-39(43(47)48)40(30-32)33-19-25-38(26-20-33)53-44(49)36-21-23-37(24-22-36)51-28-12-4-2-3-5-13-29-52-54-45(50)41(31-46)42(34-14-8-6-9-15-34)35-16-10-7-11-17-35/h6-11,14-27,30H,2-5,12-13,28-29H2,1H3,(H,47,48). The van der Waals surface area contributed by atoms with E-state index in [1.807, 2.05) is 79.7 Å².